The molecule has 0 amide bonds. The fourth-order valence-corrected chi connectivity index (χ4v) is 2.50. The van der Waals surface area contributed by atoms with Crippen molar-refractivity contribution in [2.24, 2.45) is 17.6 Å². The molecule has 0 unspecified atom stereocenters. The Kier molecular flexibility index (Phi) is 1.50. The van der Waals surface area contributed by atoms with E-state index in [0.717, 1.165) is 17.8 Å². The van der Waals surface area contributed by atoms with Gasteiger partial charge in [-0.05, 0) is 36.2 Å². The van der Waals surface area contributed by atoms with Crippen LogP contribution in [0.3, 0.4) is 0 Å². The Balaban J connectivity index is 1.71. The fraction of sp³-hybridized carbons (Fsp3) is 0.500. The summed E-state index contributed by atoms with van der Waals surface area (Å²) in [6.45, 7) is 0. The lowest BCUT2D eigenvalue weighted by atomic mass is 10.1. The highest BCUT2D eigenvalue weighted by Crippen LogP contribution is 2.58. The van der Waals surface area contributed by atoms with Gasteiger partial charge in [-0.25, -0.2) is 0 Å². The molecule has 2 aliphatic rings. The van der Waals surface area contributed by atoms with Gasteiger partial charge in [-0.2, -0.15) is 0 Å². The smallest absolute Gasteiger partial charge is 0.00739 e. The van der Waals surface area contributed by atoms with Crippen LogP contribution in [-0.4, -0.2) is 6.04 Å². The molecule has 13 heavy (non-hydrogen) atoms. The van der Waals surface area contributed by atoms with Crippen molar-refractivity contribution in [2.45, 2.75) is 24.8 Å². The van der Waals surface area contributed by atoms with Crippen molar-refractivity contribution in [1.29, 1.82) is 0 Å². The number of benzene rings is 1. The van der Waals surface area contributed by atoms with Gasteiger partial charge in [0.05, 0.1) is 0 Å². The van der Waals surface area contributed by atoms with Crippen LogP contribution in [-0.2, 0) is 0 Å². The van der Waals surface area contributed by atoms with Crippen LogP contribution in [0.25, 0.3) is 0 Å². The van der Waals surface area contributed by atoms with Crippen LogP contribution in [0.4, 0.5) is 0 Å². The van der Waals surface area contributed by atoms with Gasteiger partial charge in [0.25, 0.3) is 0 Å². The lowest BCUT2D eigenvalue weighted by Gasteiger charge is -1.98. The molecule has 4 atom stereocenters. The maximum Gasteiger partial charge on any atom is 0.00739 e. The van der Waals surface area contributed by atoms with Crippen molar-refractivity contribution in [3.63, 3.8) is 0 Å². The van der Waals surface area contributed by atoms with Gasteiger partial charge in [0.15, 0.2) is 0 Å². The summed E-state index contributed by atoms with van der Waals surface area (Å²) in [5.41, 5.74) is 7.37. The molecule has 0 aromatic heterocycles. The van der Waals surface area contributed by atoms with E-state index in [1.807, 2.05) is 0 Å². The third-order valence-electron chi connectivity index (χ3n) is 3.51. The molecule has 0 radical (unpaired) electrons. The Bertz CT molecular complexity index is 306. The average Bonchev–Trinajstić information content (AvgIpc) is 3.01. The SMILES string of the molecule is N[C@@H]1C[C@@H]1[C@H]1C[C@H]1c1ccccc1. The second kappa shape index (κ2) is 2.58. The van der Waals surface area contributed by atoms with E-state index in [1.54, 1.807) is 0 Å². The van der Waals surface area contributed by atoms with Crippen LogP contribution in [0.2, 0.25) is 0 Å². The third kappa shape index (κ3) is 1.28. The van der Waals surface area contributed by atoms with Gasteiger partial charge >= 0.3 is 0 Å². The zero-order valence-electron chi connectivity index (χ0n) is 7.69. The molecular weight excluding hydrogens is 158 g/mol. The van der Waals surface area contributed by atoms with Crippen LogP contribution in [0.15, 0.2) is 30.3 Å². The summed E-state index contributed by atoms with van der Waals surface area (Å²) in [5, 5.41) is 0. The summed E-state index contributed by atoms with van der Waals surface area (Å²) >= 11 is 0. The second-order valence-corrected chi connectivity index (χ2v) is 4.48. The Labute approximate surface area is 78.9 Å². The molecule has 1 heteroatoms. The van der Waals surface area contributed by atoms with E-state index in [1.165, 1.54) is 18.4 Å². The molecular formula is C12H15N. The van der Waals surface area contributed by atoms with Crippen LogP contribution < -0.4 is 5.73 Å². The Morgan fingerprint density at radius 3 is 2.31 bits per heavy atom. The number of hydrogen-bond donors (Lipinski definition) is 1. The molecule has 1 nitrogen and oxygen atoms in total. The van der Waals surface area contributed by atoms with Crippen LogP contribution in [0.5, 0.6) is 0 Å². The highest BCUT2D eigenvalue weighted by atomic mass is 14.8. The highest BCUT2D eigenvalue weighted by Gasteiger charge is 2.52. The minimum Gasteiger partial charge on any atom is -0.327 e. The topological polar surface area (TPSA) is 26.0 Å². The first-order valence-corrected chi connectivity index (χ1v) is 5.17. The van der Waals surface area contributed by atoms with Gasteiger partial charge in [0.2, 0.25) is 0 Å². The molecule has 0 spiro atoms. The minimum atomic E-state index is 0.527. The van der Waals surface area contributed by atoms with Crippen molar-refractivity contribution >= 4 is 0 Å². The van der Waals surface area contributed by atoms with Crippen LogP contribution in [0, 0.1) is 11.8 Å². The van der Waals surface area contributed by atoms with Crippen LogP contribution >= 0.6 is 0 Å². The molecule has 1 aromatic carbocycles. The molecule has 2 N–H and O–H groups in total. The largest absolute Gasteiger partial charge is 0.327 e. The molecule has 0 aliphatic heterocycles. The number of hydrogen-bond acceptors (Lipinski definition) is 1. The quantitative estimate of drug-likeness (QED) is 0.728. The summed E-state index contributed by atoms with van der Waals surface area (Å²) in [4.78, 5) is 0. The number of nitrogens with two attached hydrogens (primary N) is 1. The van der Waals surface area contributed by atoms with Crippen molar-refractivity contribution < 1.29 is 0 Å². The van der Waals surface area contributed by atoms with E-state index >= 15 is 0 Å². The van der Waals surface area contributed by atoms with Crippen molar-refractivity contribution in [2.75, 3.05) is 0 Å². The van der Waals surface area contributed by atoms with E-state index in [-0.39, 0.29) is 0 Å². The molecule has 0 bridgehead atoms. The van der Waals surface area contributed by atoms with Crippen molar-refractivity contribution in [1.82, 2.24) is 0 Å². The van der Waals surface area contributed by atoms with Crippen molar-refractivity contribution in [3.8, 4) is 0 Å². The van der Waals surface area contributed by atoms with Crippen molar-refractivity contribution in [3.05, 3.63) is 35.9 Å². The molecule has 68 valence electrons. The molecule has 0 heterocycles. The first-order valence-electron chi connectivity index (χ1n) is 5.17. The standard InChI is InChI=1S/C12H15N/c13-12-7-11(12)10-6-9(10)8-4-2-1-3-5-8/h1-5,9-12H,6-7,13H2/t9-,10-,11+,12+/m0/s1. The summed E-state index contributed by atoms with van der Waals surface area (Å²) in [7, 11) is 0. The maximum absolute atomic E-state index is 5.85. The van der Waals surface area contributed by atoms with E-state index in [4.69, 9.17) is 5.73 Å². The predicted molar refractivity (Wildman–Crippen MR) is 53.4 cm³/mol. The van der Waals surface area contributed by atoms with Gasteiger partial charge in [-0.15, -0.1) is 0 Å². The maximum atomic E-state index is 5.85. The molecule has 0 saturated heterocycles. The molecule has 1 aromatic rings. The Morgan fingerprint density at radius 1 is 1.00 bits per heavy atom. The summed E-state index contributed by atoms with van der Waals surface area (Å²) in [6.07, 6.45) is 2.65. The van der Waals surface area contributed by atoms with E-state index in [9.17, 15) is 0 Å². The third-order valence-corrected chi connectivity index (χ3v) is 3.51. The van der Waals surface area contributed by atoms with Gasteiger partial charge in [0, 0.05) is 6.04 Å². The second-order valence-electron chi connectivity index (χ2n) is 4.48. The first-order chi connectivity index (χ1) is 6.36. The van der Waals surface area contributed by atoms with Crippen LogP contribution in [0.1, 0.15) is 24.3 Å². The van der Waals surface area contributed by atoms with Gasteiger partial charge in [-0.1, -0.05) is 30.3 Å². The number of rotatable bonds is 2. The van der Waals surface area contributed by atoms with Gasteiger partial charge < -0.3 is 5.73 Å². The van der Waals surface area contributed by atoms with E-state index in [2.05, 4.69) is 30.3 Å². The summed E-state index contributed by atoms with van der Waals surface area (Å²) < 4.78 is 0. The Morgan fingerprint density at radius 2 is 1.69 bits per heavy atom. The van der Waals surface area contributed by atoms with Gasteiger partial charge in [0.1, 0.15) is 0 Å². The lowest BCUT2D eigenvalue weighted by Crippen LogP contribution is -2.03. The molecule has 3 rings (SSSR count). The summed E-state index contributed by atoms with van der Waals surface area (Å²) in [6, 6.07) is 11.4. The monoisotopic (exact) mass is 173 g/mol. The normalized spacial score (nSPS) is 41.6. The predicted octanol–water partition coefficient (Wildman–Crippen LogP) is 2.14. The Hall–Kier alpha value is -0.820. The fourth-order valence-electron chi connectivity index (χ4n) is 2.50. The highest BCUT2D eigenvalue weighted by molar-refractivity contribution is 5.27. The molecule has 2 aliphatic carbocycles. The zero-order valence-corrected chi connectivity index (χ0v) is 7.69. The first kappa shape index (κ1) is 7.57. The van der Waals surface area contributed by atoms with Gasteiger partial charge in [-0.3, -0.25) is 0 Å². The average molecular weight is 173 g/mol. The van der Waals surface area contributed by atoms with E-state index < -0.39 is 0 Å². The zero-order chi connectivity index (χ0) is 8.84. The molecule has 2 saturated carbocycles. The molecule has 2 fully saturated rings. The lowest BCUT2D eigenvalue weighted by molar-refractivity contribution is 0.664. The summed E-state index contributed by atoms with van der Waals surface area (Å²) in [5.74, 6) is 2.60. The minimum absolute atomic E-state index is 0.527. The van der Waals surface area contributed by atoms with E-state index in [0.29, 0.717) is 6.04 Å².